The molecule has 0 aliphatic heterocycles. The lowest BCUT2D eigenvalue weighted by Crippen LogP contribution is -2.15. The molecule has 0 spiro atoms. The maximum absolute atomic E-state index is 12.4. The van der Waals surface area contributed by atoms with Crippen molar-refractivity contribution in [1.29, 1.82) is 0 Å². The normalized spacial score (nSPS) is 10.3. The summed E-state index contributed by atoms with van der Waals surface area (Å²) in [6.07, 6.45) is 0. The molecule has 6 heteroatoms. The van der Waals surface area contributed by atoms with Crippen molar-refractivity contribution in [2.75, 3.05) is 19.0 Å². The van der Waals surface area contributed by atoms with Gasteiger partial charge in [0.05, 0.1) is 7.11 Å². The minimum absolute atomic E-state index is 0.107. The second kappa shape index (κ2) is 10.3. The second-order valence-electron chi connectivity index (χ2n) is 7.15. The number of esters is 1. The number of aryl methyl sites for hydroxylation is 2. The molecule has 1 amide bonds. The lowest BCUT2D eigenvalue weighted by molar-refractivity contribution is -0.147. The highest BCUT2D eigenvalue weighted by molar-refractivity contribution is 6.04. The molecule has 1 N–H and O–H groups in total. The third-order valence-electron chi connectivity index (χ3n) is 4.52. The van der Waals surface area contributed by atoms with E-state index in [-0.39, 0.29) is 19.1 Å². The number of anilines is 1. The van der Waals surface area contributed by atoms with E-state index in [0.29, 0.717) is 17.0 Å². The zero-order valence-electron chi connectivity index (χ0n) is 17.8. The Morgan fingerprint density at radius 2 is 1.48 bits per heavy atom. The third-order valence-corrected chi connectivity index (χ3v) is 4.52. The molecule has 0 saturated heterocycles. The highest BCUT2D eigenvalue weighted by atomic mass is 16.6. The Labute approximate surface area is 181 Å². The molecule has 0 saturated carbocycles. The summed E-state index contributed by atoms with van der Waals surface area (Å²) in [6, 6.07) is 19.7. The molecule has 0 unspecified atom stereocenters. The lowest BCUT2D eigenvalue weighted by Gasteiger charge is -2.09. The predicted octanol–water partition coefficient (Wildman–Crippen LogP) is 4.69. The molecule has 0 radical (unpaired) electrons. The van der Waals surface area contributed by atoms with Crippen LogP contribution >= 0.6 is 0 Å². The maximum atomic E-state index is 12.4. The highest BCUT2D eigenvalue weighted by Crippen LogP contribution is 2.17. The van der Waals surface area contributed by atoms with Crippen LogP contribution in [0.15, 0.2) is 66.7 Å². The van der Waals surface area contributed by atoms with Gasteiger partial charge in [-0.25, -0.2) is 4.79 Å². The summed E-state index contributed by atoms with van der Waals surface area (Å²) in [5.74, 6) is 0.675. The fraction of sp³-hybridized carbons (Fsp3) is 0.200. The van der Waals surface area contributed by atoms with Crippen molar-refractivity contribution in [3.05, 3.63) is 89.0 Å². The van der Waals surface area contributed by atoms with Crippen molar-refractivity contribution in [1.82, 2.24) is 0 Å². The van der Waals surface area contributed by atoms with Crippen LogP contribution in [-0.4, -0.2) is 25.6 Å². The summed E-state index contributed by atoms with van der Waals surface area (Å²) in [4.78, 5) is 24.3. The molecule has 0 bridgehead atoms. The predicted molar refractivity (Wildman–Crippen MR) is 119 cm³/mol. The van der Waals surface area contributed by atoms with Gasteiger partial charge in [-0.2, -0.15) is 0 Å². The molecule has 160 valence electrons. The average molecular weight is 419 g/mol. The monoisotopic (exact) mass is 419 g/mol. The van der Waals surface area contributed by atoms with Gasteiger partial charge < -0.3 is 19.5 Å². The number of ether oxygens (including phenoxy) is 3. The van der Waals surface area contributed by atoms with E-state index in [1.807, 2.05) is 32.0 Å². The molecule has 3 rings (SSSR count). The summed E-state index contributed by atoms with van der Waals surface area (Å²) in [5, 5.41) is 2.82. The van der Waals surface area contributed by atoms with Gasteiger partial charge in [0.1, 0.15) is 18.1 Å². The Kier molecular flexibility index (Phi) is 7.27. The van der Waals surface area contributed by atoms with Gasteiger partial charge in [0, 0.05) is 11.3 Å². The molecule has 0 aliphatic rings. The van der Waals surface area contributed by atoms with Gasteiger partial charge in [-0.3, -0.25) is 4.79 Å². The minimum atomic E-state index is -0.458. The van der Waals surface area contributed by atoms with Crippen LogP contribution in [0, 0.1) is 13.8 Å². The molecular weight excluding hydrogens is 394 g/mol. The van der Waals surface area contributed by atoms with Crippen molar-refractivity contribution in [3.8, 4) is 11.5 Å². The van der Waals surface area contributed by atoms with Crippen molar-refractivity contribution >= 4 is 17.6 Å². The summed E-state index contributed by atoms with van der Waals surface area (Å²) in [5.41, 5.74) is 4.09. The van der Waals surface area contributed by atoms with Crippen LogP contribution in [0.3, 0.4) is 0 Å². The zero-order valence-corrected chi connectivity index (χ0v) is 17.8. The highest BCUT2D eigenvalue weighted by Gasteiger charge is 2.09. The minimum Gasteiger partial charge on any atom is -0.497 e. The van der Waals surface area contributed by atoms with Crippen molar-refractivity contribution in [2.24, 2.45) is 0 Å². The fourth-order valence-corrected chi connectivity index (χ4v) is 2.99. The second-order valence-corrected chi connectivity index (χ2v) is 7.15. The smallest absolute Gasteiger partial charge is 0.344 e. The van der Waals surface area contributed by atoms with E-state index in [2.05, 4.69) is 5.32 Å². The van der Waals surface area contributed by atoms with Gasteiger partial charge in [-0.05, 0) is 79.1 Å². The number of hydrogen-bond acceptors (Lipinski definition) is 5. The number of rotatable bonds is 8. The van der Waals surface area contributed by atoms with Crippen LogP contribution in [0.25, 0.3) is 0 Å². The number of benzene rings is 3. The molecule has 0 heterocycles. The molecular formula is C25H25NO5. The number of carbonyl (C=O) groups excluding carboxylic acids is 2. The first-order valence-electron chi connectivity index (χ1n) is 9.84. The summed E-state index contributed by atoms with van der Waals surface area (Å²) >= 11 is 0. The van der Waals surface area contributed by atoms with Gasteiger partial charge in [-0.1, -0.05) is 18.2 Å². The number of carbonyl (C=O) groups is 2. The number of nitrogens with one attached hydrogen (secondary N) is 1. The number of amides is 1. The maximum Gasteiger partial charge on any atom is 0.344 e. The molecule has 3 aromatic carbocycles. The van der Waals surface area contributed by atoms with Gasteiger partial charge >= 0.3 is 5.97 Å². The molecule has 6 nitrogen and oxygen atoms in total. The summed E-state index contributed by atoms with van der Waals surface area (Å²) in [6.45, 7) is 3.89. The van der Waals surface area contributed by atoms with Gasteiger partial charge in [0.25, 0.3) is 5.91 Å². The molecule has 0 aliphatic carbocycles. The number of hydrogen-bond donors (Lipinski definition) is 1. The molecule has 3 aromatic rings. The Balaban J connectivity index is 1.47. The van der Waals surface area contributed by atoms with Crippen molar-refractivity contribution in [3.63, 3.8) is 0 Å². The average Bonchev–Trinajstić information content (AvgIpc) is 2.76. The van der Waals surface area contributed by atoms with Crippen LogP contribution in [0.5, 0.6) is 11.5 Å². The van der Waals surface area contributed by atoms with E-state index in [0.717, 1.165) is 22.4 Å². The summed E-state index contributed by atoms with van der Waals surface area (Å²) < 4.78 is 15.9. The van der Waals surface area contributed by atoms with Gasteiger partial charge in [0.2, 0.25) is 0 Å². The van der Waals surface area contributed by atoms with E-state index in [4.69, 9.17) is 14.2 Å². The van der Waals surface area contributed by atoms with Gasteiger partial charge in [-0.15, -0.1) is 0 Å². The Hall–Kier alpha value is -3.80. The first-order chi connectivity index (χ1) is 14.9. The van der Waals surface area contributed by atoms with E-state index >= 15 is 0 Å². The van der Waals surface area contributed by atoms with Crippen LogP contribution in [-0.2, 0) is 16.1 Å². The van der Waals surface area contributed by atoms with Crippen LogP contribution in [0.4, 0.5) is 5.69 Å². The molecule has 0 fully saturated rings. The van der Waals surface area contributed by atoms with E-state index < -0.39 is 5.97 Å². The summed E-state index contributed by atoms with van der Waals surface area (Å²) in [7, 11) is 1.59. The van der Waals surface area contributed by atoms with Crippen LogP contribution in [0.1, 0.15) is 27.0 Å². The Bertz CT molecular complexity index is 1020. The van der Waals surface area contributed by atoms with Crippen molar-refractivity contribution < 1.29 is 23.8 Å². The standard InChI is InChI=1S/C25H25NO5/c1-17-12-18(2)14-23(13-17)30-16-24(27)31-15-19-4-6-20(7-5-19)25(28)26-21-8-10-22(29-3)11-9-21/h4-14H,15-16H2,1-3H3,(H,26,28). The van der Waals surface area contributed by atoms with Crippen molar-refractivity contribution in [2.45, 2.75) is 20.5 Å². The zero-order chi connectivity index (χ0) is 22.2. The van der Waals surface area contributed by atoms with Gasteiger partial charge in [0.15, 0.2) is 6.61 Å². The van der Waals surface area contributed by atoms with E-state index in [1.54, 1.807) is 55.6 Å². The molecule has 0 atom stereocenters. The quantitative estimate of drug-likeness (QED) is 0.537. The lowest BCUT2D eigenvalue weighted by atomic mass is 10.1. The number of methoxy groups -OCH3 is 1. The fourth-order valence-electron chi connectivity index (χ4n) is 2.99. The third kappa shape index (κ3) is 6.60. The molecule has 31 heavy (non-hydrogen) atoms. The van der Waals surface area contributed by atoms with Crippen LogP contribution < -0.4 is 14.8 Å². The van der Waals surface area contributed by atoms with Crippen LogP contribution in [0.2, 0.25) is 0 Å². The first-order valence-corrected chi connectivity index (χ1v) is 9.84. The largest absolute Gasteiger partial charge is 0.497 e. The topological polar surface area (TPSA) is 73.9 Å². The Morgan fingerprint density at radius 1 is 0.839 bits per heavy atom. The van der Waals surface area contributed by atoms with E-state index in [1.165, 1.54) is 0 Å². The Morgan fingerprint density at radius 3 is 2.10 bits per heavy atom. The first kappa shape index (κ1) is 21.9. The SMILES string of the molecule is COc1ccc(NC(=O)c2ccc(COC(=O)COc3cc(C)cc(C)c3)cc2)cc1. The van der Waals surface area contributed by atoms with E-state index in [9.17, 15) is 9.59 Å². The molecule has 0 aromatic heterocycles.